The minimum Gasteiger partial charge on any atom is -0.378 e. The second-order valence-electron chi connectivity index (χ2n) is 4.21. The van der Waals surface area contributed by atoms with Crippen LogP contribution in [0.1, 0.15) is 18.2 Å². The summed E-state index contributed by atoms with van der Waals surface area (Å²) in [5, 5.41) is 11.2. The molecule has 0 saturated carbocycles. The largest absolute Gasteiger partial charge is 0.378 e. The lowest BCUT2D eigenvalue weighted by Crippen LogP contribution is -2.04. The Hall–Kier alpha value is -1.92. The summed E-state index contributed by atoms with van der Waals surface area (Å²) < 4.78 is 28.9. The van der Waals surface area contributed by atoms with E-state index in [-0.39, 0.29) is 12.5 Å². The SMILES string of the molecule is CCn1nc(C)c(CNc2cnn(CCF)c2)c1F. The van der Waals surface area contributed by atoms with E-state index in [2.05, 4.69) is 15.5 Å². The molecule has 0 spiro atoms. The predicted molar refractivity (Wildman–Crippen MR) is 68.1 cm³/mol. The lowest BCUT2D eigenvalue weighted by atomic mass is 10.2. The number of rotatable bonds is 6. The van der Waals surface area contributed by atoms with Gasteiger partial charge in [0.2, 0.25) is 5.95 Å². The molecule has 5 nitrogen and oxygen atoms in total. The first-order valence-electron chi connectivity index (χ1n) is 6.19. The fourth-order valence-corrected chi connectivity index (χ4v) is 1.85. The van der Waals surface area contributed by atoms with Crippen LogP contribution in [0.25, 0.3) is 0 Å². The number of hydrogen-bond acceptors (Lipinski definition) is 3. The molecule has 0 aliphatic heterocycles. The molecule has 2 aromatic rings. The second-order valence-corrected chi connectivity index (χ2v) is 4.21. The highest BCUT2D eigenvalue weighted by molar-refractivity contribution is 5.39. The summed E-state index contributed by atoms with van der Waals surface area (Å²) in [6, 6.07) is 0. The monoisotopic (exact) mass is 269 g/mol. The van der Waals surface area contributed by atoms with Gasteiger partial charge >= 0.3 is 0 Å². The minimum atomic E-state index is -0.460. The number of alkyl halides is 1. The van der Waals surface area contributed by atoms with Crippen molar-refractivity contribution in [2.24, 2.45) is 0 Å². The van der Waals surface area contributed by atoms with Crippen LogP contribution >= 0.6 is 0 Å². The highest BCUT2D eigenvalue weighted by atomic mass is 19.1. The molecule has 2 aromatic heterocycles. The van der Waals surface area contributed by atoms with Crippen molar-refractivity contribution in [1.29, 1.82) is 0 Å². The molecule has 104 valence electrons. The van der Waals surface area contributed by atoms with Crippen molar-refractivity contribution in [2.75, 3.05) is 12.0 Å². The zero-order chi connectivity index (χ0) is 13.8. The maximum Gasteiger partial charge on any atom is 0.216 e. The van der Waals surface area contributed by atoms with Gasteiger partial charge in [-0.3, -0.25) is 4.68 Å². The van der Waals surface area contributed by atoms with Crippen molar-refractivity contribution in [3.63, 3.8) is 0 Å². The summed E-state index contributed by atoms with van der Waals surface area (Å²) in [5.41, 5.74) is 1.94. The van der Waals surface area contributed by atoms with Gasteiger partial charge in [0.15, 0.2) is 0 Å². The summed E-state index contributed by atoms with van der Waals surface area (Å²) in [4.78, 5) is 0. The molecule has 0 aliphatic rings. The summed E-state index contributed by atoms with van der Waals surface area (Å²) in [5.74, 6) is -0.316. The molecule has 2 rings (SSSR count). The number of hydrogen-bond donors (Lipinski definition) is 1. The highest BCUT2D eigenvalue weighted by Crippen LogP contribution is 2.15. The first-order chi connectivity index (χ1) is 9.15. The van der Waals surface area contributed by atoms with E-state index in [1.165, 1.54) is 9.36 Å². The summed E-state index contributed by atoms with van der Waals surface area (Å²) in [6.45, 7) is 4.22. The first-order valence-corrected chi connectivity index (χ1v) is 6.19. The number of nitrogens with one attached hydrogen (secondary N) is 1. The van der Waals surface area contributed by atoms with Gasteiger partial charge in [-0.25, -0.2) is 9.07 Å². The molecule has 0 aliphatic carbocycles. The smallest absolute Gasteiger partial charge is 0.216 e. The van der Waals surface area contributed by atoms with Gasteiger partial charge in [-0.2, -0.15) is 14.6 Å². The topological polar surface area (TPSA) is 47.7 Å². The quantitative estimate of drug-likeness (QED) is 0.874. The second kappa shape index (κ2) is 5.81. The Morgan fingerprint density at radius 1 is 1.42 bits per heavy atom. The lowest BCUT2D eigenvalue weighted by molar-refractivity contribution is 0.427. The van der Waals surface area contributed by atoms with Crippen molar-refractivity contribution in [3.05, 3.63) is 29.6 Å². The van der Waals surface area contributed by atoms with Crippen LogP contribution in [-0.4, -0.2) is 26.2 Å². The third kappa shape index (κ3) is 2.91. The molecule has 0 atom stereocenters. The highest BCUT2D eigenvalue weighted by Gasteiger charge is 2.13. The van der Waals surface area contributed by atoms with Crippen LogP contribution in [-0.2, 0) is 19.6 Å². The van der Waals surface area contributed by atoms with Crippen molar-refractivity contribution in [3.8, 4) is 0 Å². The minimum absolute atomic E-state index is 0.225. The Kier molecular flexibility index (Phi) is 4.13. The molecule has 1 N–H and O–H groups in total. The van der Waals surface area contributed by atoms with Gasteiger partial charge in [-0.05, 0) is 13.8 Å². The van der Waals surface area contributed by atoms with Crippen LogP contribution in [0.15, 0.2) is 12.4 Å². The molecular weight excluding hydrogens is 252 g/mol. The van der Waals surface area contributed by atoms with Gasteiger partial charge < -0.3 is 5.32 Å². The Balaban J connectivity index is 2.03. The van der Waals surface area contributed by atoms with Crippen molar-refractivity contribution >= 4 is 5.69 Å². The van der Waals surface area contributed by atoms with Crippen LogP contribution in [0, 0.1) is 12.9 Å². The molecule has 0 unspecified atom stereocenters. The van der Waals surface area contributed by atoms with E-state index >= 15 is 0 Å². The van der Waals surface area contributed by atoms with Gasteiger partial charge in [-0.1, -0.05) is 0 Å². The van der Waals surface area contributed by atoms with Gasteiger partial charge in [0, 0.05) is 24.8 Å². The van der Waals surface area contributed by atoms with E-state index in [0.29, 0.717) is 24.3 Å². The average Bonchev–Trinajstić information content (AvgIpc) is 2.93. The zero-order valence-electron chi connectivity index (χ0n) is 11.0. The van der Waals surface area contributed by atoms with E-state index in [1.54, 1.807) is 19.3 Å². The van der Waals surface area contributed by atoms with E-state index in [0.717, 1.165) is 5.69 Å². The fraction of sp³-hybridized carbons (Fsp3) is 0.500. The number of aromatic nitrogens is 4. The molecule has 0 bridgehead atoms. The number of anilines is 1. The van der Waals surface area contributed by atoms with E-state index in [1.807, 2.05) is 6.92 Å². The third-order valence-corrected chi connectivity index (χ3v) is 2.90. The van der Waals surface area contributed by atoms with Crippen LogP contribution in [0.3, 0.4) is 0 Å². The Labute approximate surface area is 110 Å². The van der Waals surface area contributed by atoms with E-state index in [4.69, 9.17) is 0 Å². The van der Waals surface area contributed by atoms with Crippen molar-refractivity contribution < 1.29 is 8.78 Å². The zero-order valence-corrected chi connectivity index (χ0v) is 11.0. The molecule has 0 aromatic carbocycles. The lowest BCUT2D eigenvalue weighted by Gasteiger charge is -2.02. The van der Waals surface area contributed by atoms with Crippen LogP contribution < -0.4 is 5.32 Å². The number of halogens is 2. The Bertz CT molecular complexity index is 546. The van der Waals surface area contributed by atoms with Crippen LogP contribution in [0.5, 0.6) is 0 Å². The molecule has 7 heteroatoms. The van der Waals surface area contributed by atoms with Crippen molar-refractivity contribution in [2.45, 2.75) is 33.5 Å². The molecular formula is C12H17F2N5. The van der Waals surface area contributed by atoms with Crippen molar-refractivity contribution in [1.82, 2.24) is 19.6 Å². The summed E-state index contributed by atoms with van der Waals surface area (Å²) in [6.07, 6.45) is 3.28. The normalized spacial score (nSPS) is 10.9. The maximum atomic E-state index is 13.9. The van der Waals surface area contributed by atoms with Gasteiger partial charge in [0.1, 0.15) is 6.67 Å². The van der Waals surface area contributed by atoms with E-state index < -0.39 is 6.67 Å². The Morgan fingerprint density at radius 3 is 2.84 bits per heavy atom. The summed E-state index contributed by atoms with van der Waals surface area (Å²) in [7, 11) is 0. The van der Waals surface area contributed by atoms with Gasteiger partial charge in [0.05, 0.1) is 24.1 Å². The van der Waals surface area contributed by atoms with Gasteiger partial charge in [0.25, 0.3) is 0 Å². The summed E-state index contributed by atoms with van der Waals surface area (Å²) >= 11 is 0. The molecule has 0 fully saturated rings. The molecule has 2 heterocycles. The standard InChI is InChI=1S/C12H17F2N5/c1-3-19-12(14)11(9(2)17-19)7-15-10-6-16-18(8-10)5-4-13/h6,8,15H,3-5,7H2,1-2H3. The molecule has 0 radical (unpaired) electrons. The Morgan fingerprint density at radius 2 is 2.21 bits per heavy atom. The van der Waals surface area contributed by atoms with Gasteiger partial charge in [-0.15, -0.1) is 0 Å². The number of aryl methyl sites for hydroxylation is 3. The maximum absolute atomic E-state index is 13.9. The first kappa shape index (κ1) is 13.5. The van der Waals surface area contributed by atoms with Crippen LogP contribution in [0.4, 0.5) is 14.5 Å². The molecule has 0 saturated heterocycles. The molecule has 19 heavy (non-hydrogen) atoms. The average molecular weight is 269 g/mol. The number of nitrogens with zero attached hydrogens (tertiary/aromatic N) is 4. The third-order valence-electron chi connectivity index (χ3n) is 2.90. The van der Waals surface area contributed by atoms with E-state index in [9.17, 15) is 8.78 Å². The fourth-order valence-electron chi connectivity index (χ4n) is 1.85. The predicted octanol–water partition coefficient (Wildman–Crippen LogP) is 2.13. The molecule has 0 amide bonds. The van der Waals surface area contributed by atoms with Crippen LogP contribution in [0.2, 0.25) is 0 Å².